The smallest absolute Gasteiger partial charge is 0.443 e. The first-order valence-electron chi connectivity index (χ1n) is 8.02. The van der Waals surface area contributed by atoms with Crippen LogP contribution < -0.4 is 5.32 Å². The van der Waals surface area contributed by atoms with E-state index in [2.05, 4.69) is 10.3 Å². The van der Waals surface area contributed by atoms with Gasteiger partial charge in [-0.2, -0.15) is 13.2 Å². The molecule has 0 amide bonds. The molecule has 0 aliphatic heterocycles. The van der Waals surface area contributed by atoms with Gasteiger partial charge in [-0.3, -0.25) is 9.69 Å². The van der Waals surface area contributed by atoms with E-state index in [1.807, 2.05) is 4.90 Å². The summed E-state index contributed by atoms with van der Waals surface area (Å²) in [6.07, 6.45) is 0.913. The number of alkyl halides is 3. The number of rotatable bonds is 8. The second-order valence-electron chi connectivity index (χ2n) is 6.60. The van der Waals surface area contributed by atoms with E-state index in [1.54, 1.807) is 0 Å². The number of nitrogens with one attached hydrogen (secondary N) is 1. The molecule has 0 bridgehead atoms. The molecule has 1 heterocycles. The van der Waals surface area contributed by atoms with Crippen LogP contribution in [0.5, 0.6) is 0 Å². The Kier molecular flexibility index (Phi) is 5.12. The van der Waals surface area contributed by atoms with Gasteiger partial charge in [-0.25, -0.2) is 4.98 Å². The lowest BCUT2D eigenvalue weighted by Gasteiger charge is -2.43. The summed E-state index contributed by atoms with van der Waals surface area (Å²) >= 11 is 0.662. The summed E-state index contributed by atoms with van der Waals surface area (Å²) in [7, 11) is 0. The largest absolute Gasteiger partial charge is 0.480 e. The van der Waals surface area contributed by atoms with Crippen molar-refractivity contribution in [3.63, 3.8) is 0 Å². The first kappa shape index (κ1) is 17.6. The molecule has 1 aromatic heterocycles. The number of aliphatic carboxylic acids is 1. The number of carboxylic acid groups (broad SMARTS) is 1. The predicted octanol–water partition coefficient (Wildman–Crippen LogP) is 2.58. The molecular weight excluding hydrogens is 343 g/mol. The van der Waals surface area contributed by atoms with Gasteiger partial charge in [0.25, 0.3) is 0 Å². The zero-order valence-electron chi connectivity index (χ0n) is 13.1. The maximum atomic E-state index is 12.5. The third-order valence-electron chi connectivity index (χ3n) is 4.52. The Labute approximate surface area is 141 Å². The Bertz CT molecular complexity index is 583. The maximum absolute atomic E-state index is 12.5. The summed E-state index contributed by atoms with van der Waals surface area (Å²) in [6, 6.07) is 0.480. The zero-order valence-corrected chi connectivity index (χ0v) is 13.9. The molecule has 3 rings (SSSR count). The molecular formula is C15H20F3N3O2S. The van der Waals surface area contributed by atoms with Crippen LogP contribution in [0, 0.1) is 5.92 Å². The van der Waals surface area contributed by atoms with E-state index in [0.717, 1.165) is 19.4 Å². The van der Waals surface area contributed by atoms with Crippen molar-refractivity contribution in [2.24, 2.45) is 5.92 Å². The quantitative estimate of drug-likeness (QED) is 0.743. The average molecular weight is 363 g/mol. The van der Waals surface area contributed by atoms with Crippen molar-refractivity contribution in [3.8, 4) is 0 Å². The minimum absolute atomic E-state index is 0.0671. The second-order valence-corrected chi connectivity index (χ2v) is 7.71. The number of hydrogen-bond acceptors (Lipinski definition) is 5. The average Bonchev–Trinajstić information content (AvgIpc) is 3.09. The molecule has 0 radical (unpaired) electrons. The van der Waals surface area contributed by atoms with E-state index in [4.69, 9.17) is 5.11 Å². The van der Waals surface area contributed by atoms with Gasteiger partial charge < -0.3 is 10.4 Å². The Hall–Kier alpha value is -1.19. The molecule has 2 aliphatic rings. The number of thiazole rings is 1. The third kappa shape index (κ3) is 4.67. The molecule has 0 spiro atoms. The van der Waals surface area contributed by atoms with Crippen molar-refractivity contribution in [1.82, 2.24) is 15.2 Å². The lowest BCUT2D eigenvalue weighted by Crippen LogP contribution is -2.54. The van der Waals surface area contributed by atoms with Gasteiger partial charge in [0.15, 0.2) is 5.01 Å². The molecule has 0 aromatic carbocycles. The van der Waals surface area contributed by atoms with Crippen molar-refractivity contribution in [2.75, 3.05) is 13.1 Å². The first-order valence-corrected chi connectivity index (χ1v) is 8.84. The summed E-state index contributed by atoms with van der Waals surface area (Å²) < 4.78 is 37.5. The summed E-state index contributed by atoms with van der Waals surface area (Å²) in [4.78, 5) is 17.0. The van der Waals surface area contributed by atoms with E-state index < -0.39 is 17.2 Å². The third-order valence-corrected chi connectivity index (χ3v) is 5.56. The first-order chi connectivity index (χ1) is 11.3. The van der Waals surface area contributed by atoms with Crippen LogP contribution in [0.15, 0.2) is 6.20 Å². The Morgan fingerprint density at radius 1 is 1.42 bits per heavy atom. The molecule has 9 heteroatoms. The topological polar surface area (TPSA) is 65.5 Å². The fraction of sp³-hybridized carbons (Fsp3) is 0.733. The van der Waals surface area contributed by atoms with Crippen molar-refractivity contribution >= 4 is 17.3 Å². The van der Waals surface area contributed by atoms with Gasteiger partial charge in [0.2, 0.25) is 0 Å². The second kappa shape index (κ2) is 6.97. The number of hydrogen-bond donors (Lipinski definition) is 2. The Balaban J connectivity index is 1.42. The fourth-order valence-electron chi connectivity index (χ4n) is 2.97. The lowest BCUT2D eigenvalue weighted by molar-refractivity contribution is -0.140. The maximum Gasteiger partial charge on any atom is 0.443 e. The highest BCUT2D eigenvalue weighted by Crippen LogP contribution is 2.35. The van der Waals surface area contributed by atoms with Gasteiger partial charge in [0, 0.05) is 36.2 Å². The van der Waals surface area contributed by atoms with Crippen LogP contribution in [0.4, 0.5) is 13.2 Å². The molecule has 0 unspecified atom stereocenters. The molecule has 2 saturated carbocycles. The van der Waals surface area contributed by atoms with Gasteiger partial charge in [-0.05, 0) is 31.6 Å². The van der Waals surface area contributed by atoms with Crippen LogP contribution in [-0.2, 0) is 17.5 Å². The molecule has 134 valence electrons. The zero-order chi connectivity index (χ0) is 17.3. The minimum atomic E-state index is -4.38. The van der Waals surface area contributed by atoms with Gasteiger partial charge in [-0.15, -0.1) is 11.3 Å². The van der Waals surface area contributed by atoms with E-state index in [9.17, 15) is 18.0 Å². The molecule has 0 saturated heterocycles. The molecule has 5 nitrogen and oxygen atoms in total. The fourth-order valence-corrected chi connectivity index (χ4v) is 3.70. The van der Waals surface area contributed by atoms with E-state index in [-0.39, 0.29) is 18.6 Å². The Morgan fingerprint density at radius 3 is 2.67 bits per heavy atom. The monoisotopic (exact) mass is 363 g/mol. The lowest BCUT2D eigenvalue weighted by atomic mass is 9.85. The van der Waals surface area contributed by atoms with Crippen LogP contribution in [0.3, 0.4) is 0 Å². The summed E-state index contributed by atoms with van der Waals surface area (Å²) in [6.45, 7) is 1.28. The van der Waals surface area contributed by atoms with Crippen molar-refractivity contribution in [2.45, 2.75) is 50.5 Å². The molecule has 2 N–H and O–H groups in total. The highest BCUT2D eigenvalue weighted by molar-refractivity contribution is 7.11. The summed E-state index contributed by atoms with van der Waals surface area (Å²) in [5.74, 6) is -0.175. The van der Waals surface area contributed by atoms with Gasteiger partial charge in [0.05, 0.1) is 6.54 Å². The number of halogens is 3. The van der Waals surface area contributed by atoms with E-state index in [0.29, 0.717) is 28.7 Å². The number of nitrogens with zero attached hydrogens (tertiary/aromatic N) is 2. The minimum Gasteiger partial charge on any atom is -0.480 e. The highest BCUT2D eigenvalue weighted by atomic mass is 32.1. The molecule has 24 heavy (non-hydrogen) atoms. The number of aromatic nitrogens is 1. The van der Waals surface area contributed by atoms with Crippen LogP contribution >= 0.6 is 11.3 Å². The number of carbonyl (C=O) groups is 1. The SMILES string of the molecule is O=C(O)CN(CC1CC1)C1CC(NCc2cnc(C(F)(F)F)s2)C1. The van der Waals surface area contributed by atoms with Crippen LogP contribution in [0.25, 0.3) is 0 Å². The van der Waals surface area contributed by atoms with Crippen molar-refractivity contribution in [3.05, 3.63) is 16.1 Å². The van der Waals surface area contributed by atoms with Gasteiger partial charge in [0.1, 0.15) is 0 Å². The van der Waals surface area contributed by atoms with Crippen molar-refractivity contribution in [1.29, 1.82) is 0 Å². The van der Waals surface area contributed by atoms with E-state index in [1.165, 1.54) is 19.0 Å². The van der Waals surface area contributed by atoms with Crippen LogP contribution in [0.2, 0.25) is 0 Å². The predicted molar refractivity (Wildman–Crippen MR) is 82.7 cm³/mol. The molecule has 1 aromatic rings. The Morgan fingerprint density at radius 2 is 2.12 bits per heavy atom. The van der Waals surface area contributed by atoms with Crippen LogP contribution in [0.1, 0.15) is 35.6 Å². The van der Waals surface area contributed by atoms with E-state index >= 15 is 0 Å². The van der Waals surface area contributed by atoms with Crippen molar-refractivity contribution < 1.29 is 23.1 Å². The normalized spacial score (nSPS) is 24.2. The number of carboxylic acids is 1. The molecule has 2 fully saturated rings. The summed E-state index contributed by atoms with van der Waals surface area (Å²) in [5.41, 5.74) is 0. The molecule has 0 atom stereocenters. The highest BCUT2D eigenvalue weighted by Gasteiger charge is 2.37. The van der Waals surface area contributed by atoms with Gasteiger partial charge in [-0.1, -0.05) is 0 Å². The molecule has 2 aliphatic carbocycles. The van der Waals surface area contributed by atoms with Crippen LogP contribution in [-0.4, -0.2) is 46.1 Å². The van der Waals surface area contributed by atoms with Gasteiger partial charge >= 0.3 is 12.1 Å². The standard InChI is InChI=1S/C15H20F3N3O2S/c16-15(17,18)14-20-6-12(24-14)5-19-10-3-11(4-10)21(8-13(22)23)7-9-1-2-9/h6,9-11,19H,1-5,7-8H2,(H,22,23). The summed E-state index contributed by atoms with van der Waals surface area (Å²) in [5, 5.41) is 11.4.